The number of para-hydroxylation sites is 1. The number of halogens is 1. The number of nitrogens with zero attached hydrogens (tertiary/aromatic N) is 3. The number of anilines is 1. The Bertz CT molecular complexity index is 2180. The van der Waals surface area contributed by atoms with Crippen molar-refractivity contribution in [1.82, 2.24) is 14.5 Å². The highest BCUT2D eigenvalue weighted by Crippen LogP contribution is 2.48. The van der Waals surface area contributed by atoms with Gasteiger partial charge >= 0.3 is 0 Å². The van der Waals surface area contributed by atoms with Gasteiger partial charge in [-0.3, -0.25) is 9.59 Å². The molecule has 8 nitrogen and oxygen atoms in total. The van der Waals surface area contributed by atoms with Gasteiger partial charge in [0.1, 0.15) is 16.8 Å². The minimum Gasteiger partial charge on any atom is -0.451 e. The van der Waals surface area contributed by atoms with Gasteiger partial charge in [-0.15, -0.1) is 0 Å². The number of nitrogens with one attached hydrogen (secondary N) is 1. The number of hydrogen-bond acceptors (Lipinski definition) is 5. The van der Waals surface area contributed by atoms with Gasteiger partial charge in [0.2, 0.25) is 5.43 Å². The second kappa shape index (κ2) is 10.2. The van der Waals surface area contributed by atoms with Crippen LogP contribution in [0.3, 0.4) is 0 Å². The minimum atomic E-state index is -0.585. The lowest BCUT2D eigenvalue weighted by atomic mass is 10.0. The van der Waals surface area contributed by atoms with Crippen LogP contribution in [0.5, 0.6) is 11.5 Å². The van der Waals surface area contributed by atoms with E-state index in [1.165, 1.54) is 6.07 Å². The van der Waals surface area contributed by atoms with Crippen LogP contribution in [0.1, 0.15) is 15.9 Å². The monoisotopic (exact) mass is 588 g/mol. The lowest BCUT2D eigenvalue weighted by Gasteiger charge is -2.31. The second-order valence-electron chi connectivity index (χ2n) is 11.3. The SMILES string of the molecule is CN(CCc1c[nH]c2ccccc12)c1c(F)cc2c(=O)c(C(=O)N3CCOCC3)cn3c2c1Oc1ccc2ccccc2c1-3. The number of amides is 1. The predicted molar refractivity (Wildman–Crippen MR) is 169 cm³/mol. The molecular weight excluding hydrogens is 559 g/mol. The van der Waals surface area contributed by atoms with Crippen LogP contribution < -0.4 is 15.1 Å². The number of carbonyl (C=O) groups excluding carboxylic acids is 1. The summed E-state index contributed by atoms with van der Waals surface area (Å²) in [7, 11) is 1.83. The third kappa shape index (κ3) is 4.07. The third-order valence-corrected chi connectivity index (χ3v) is 8.79. The molecule has 1 amide bonds. The van der Waals surface area contributed by atoms with E-state index in [0.717, 1.165) is 27.2 Å². The normalized spacial score (nSPS) is 14.2. The molecule has 0 bridgehead atoms. The van der Waals surface area contributed by atoms with E-state index in [0.29, 0.717) is 56.2 Å². The fraction of sp³-hybridized carbons (Fsp3) is 0.200. The fourth-order valence-corrected chi connectivity index (χ4v) is 6.55. The Kier molecular flexibility index (Phi) is 6.16. The zero-order valence-electron chi connectivity index (χ0n) is 24.1. The summed E-state index contributed by atoms with van der Waals surface area (Å²) < 4.78 is 30.0. The quantitative estimate of drug-likeness (QED) is 0.266. The van der Waals surface area contributed by atoms with E-state index in [2.05, 4.69) is 11.1 Å². The number of ether oxygens (including phenoxy) is 2. The van der Waals surface area contributed by atoms with Crippen LogP contribution in [0.2, 0.25) is 0 Å². The van der Waals surface area contributed by atoms with Crippen LogP contribution in [0.25, 0.3) is 38.3 Å². The van der Waals surface area contributed by atoms with Crippen molar-refractivity contribution >= 4 is 44.2 Å². The maximum atomic E-state index is 16.2. The van der Waals surface area contributed by atoms with E-state index >= 15 is 4.39 Å². The van der Waals surface area contributed by atoms with Crippen molar-refractivity contribution in [3.63, 3.8) is 0 Å². The number of pyridine rings is 1. The number of carbonyl (C=O) groups is 1. The highest BCUT2D eigenvalue weighted by Gasteiger charge is 2.32. The van der Waals surface area contributed by atoms with Crippen molar-refractivity contribution in [1.29, 1.82) is 0 Å². The van der Waals surface area contributed by atoms with Gasteiger partial charge in [0, 0.05) is 55.4 Å². The summed E-state index contributed by atoms with van der Waals surface area (Å²) in [5.41, 5.74) is 3.05. The van der Waals surface area contributed by atoms with Crippen molar-refractivity contribution in [3.05, 3.63) is 106 Å². The molecule has 0 aliphatic carbocycles. The summed E-state index contributed by atoms with van der Waals surface area (Å²) in [6.07, 6.45) is 4.26. The van der Waals surface area contributed by atoms with E-state index in [1.807, 2.05) is 77.3 Å². The smallest absolute Gasteiger partial charge is 0.259 e. The van der Waals surface area contributed by atoms with E-state index in [-0.39, 0.29) is 28.3 Å². The Morgan fingerprint density at radius 3 is 2.61 bits per heavy atom. The molecule has 0 unspecified atom stereocenters. The van der Waals surface area contributed by atoms with Gasteiger partial charge in [0.25, 0.3) is 5.91 Å². The average Bonchev–Trinajstić information content (AvgIpc) is 3.47. The number of hydrogen-bond donors (Lipinski definition) is 1. The number of H-pyrrole nitrogens is 1. The van der Waals surface area contributed by atoms with Gasteiger partial charge in [-0.2, -0.15) is 0 Å². The van der Waals surface area contributed by atoms with E-state index in [1.54, 1.807) is 11.1 Å². The number of aromatic nitrogens is 2. The van der Waals surface area contributed by atoms with Crippen LogP contribution in [-0.4, -0.2) is 60.3 Å². The first-order valence-electron chi connectivity index (χ1n) is 14.7. The number of fused-ring (bicyclic) bond motifs is 5. The number of morpholine rings is 1. The molecule has 0 atom stereocenters. The van der Waals surface area contributed by atoms with Crippen LogP contribution in [0.4, 0.5) is 10.1 Å². The minimum absolute atomic E-state index is 0.00836. The van der Waals surface area contributed by atoms with Crippen LogP contribution in [0, 0.1) is 5.82 Å². The fourth-order valence-electron chi connectivity index (χ4n) is 6.55. The van der Waals surface area contributed by atoms with Gasteiger partial charge < -0.3 is 28.8 Å². The van der Waals surface area contributed by atoms with Crippen molar-refractivity contribution < 1.29 is 18.7 Å². The number of benzene rings is 4. The molecule has 4 aromatic carbocycles. The molecule has 0 saturated carbocycles. The average molecular weight is 589 g/mol. The predicted octanol–water partition coefficient (Wildman–Crippen LogP) is 6.02. The lowest BCUT2D eigenvalue weighted by Crippen LogP contribution is -2.42. The summed E-state index contributed by atoms with van der Waals surface area (Å²) in [5, 5.41) is 3.10. The summed E-state index contributed by atoms with van der Waals surface area (Å²) in [4.78, 5) is 34.4. The summed E-state index contributed by atoms with van der Waals surface area (Å²) >= 11 is 0. The molecule has 0 spiro atoms. The van der Waals surface area contributed by atoms with Crippen molar-refractivity contribution in [2.24, 2.45) is 0 Å². The first kappa shape index (κ1) is 26.5. The highest BCUT2D eigenvalue weighted by molar-refractivity contribution is 6.04. The molecule has 44 heavy (non-hydrogen) atoms. The Labute approximate surface area is 251 Å². The van der Waals surface area contributed by atoms with Crippen molar-refractivity contribution in [2.75, 3.05) is 44.8 Å². The summed E-state index contributed by atoms with van der Waals surface area (Å²) in [6, 6.07) is 21.0. The van der Waals surface area contributed by atoms with E-state index < -0.39 is 11.2 Å². The third-order valence-electron chi connectivity index (χ3n) is 8.79. The molecule has 1 saturated heterocycles. The highest BCUT2D eigenvalue weighted by atomic mass is 19.1. The van der Waals surface area contributed by atoms with E-state index in [4.69, 9.17) is 9.47 Å². The Morgan fingerprint density at radius 1 is 1.00 bits per heavy atom. The van der Waals surface area contributed by atoms with Gasteiger partial charge in [-0.05, 0) is 35.6 Å². The molecular formula is C35H29FN4O4. The van der Waals surface area contributed by atoms with Crippen molar-refractivity contribution in [2.45, 2.75) is 6.42 Å². The molecule has 6 aromatic rings. The van der Waals surface area contributed by atoms with Crippen LogP contribution in [0.15, 0.2) is 83.9 Å². The molecule has 0 radical (unpaired) electrons. The van der Waals surface area contributed by atoms with Gasteiger partial charge in [-0.1, -0.05) is 48.5 Å². The maximum Gasteiger partial charge on any atom is 0.259 e. The molecule has 2 aliphatic rings. The van der Waals surface area contributed by atoms with Gasteiger partial charge in [0.05, 0.1) is 24.3 Å². The zero-order chi connectivity index (χ0) is 29.9. The number of rotatable bonds is 5. The lowest BCUT2D eigenvalue weighted by molar-refractivity contribution is 0.0302. The molecule has 1 fully saturated rings. The van der Waals surface area contributed by atoms with Gasteiger partial charge in [-0.25, -0.2) is 4.39 Å². The summed E-state index contributed by atoms with van der Waals surface area (Å²) in [6.45, 7) is 2.09. The molecule has 4 heterocycles. The number of aromatic amines is 1. The Balaban J connectivity index is 1.31. The standard InChI is InChI=1S/C35H29FN4O4/c1-38(13-12-22-19-37-28-9-5-4-7-23(22)28)32-27(36)18-25-31-34(32)44-29-11-10-21-6-2-3-8-24(21)30(29)40(31)20-26(33(25)41)35(42)39-14-16-43-17-15-39/h2-11,18-20,37H,12-17H2,1H3. The first-order valence-corrected chi connectivity index (χ1v) is 14.7. The topological polar surface area (TPSA) is 79.8 Å². The Morgan fingerprint density at radius 2 is 1.77 bits per heavy atom. The van der Waals surface area contributed by atoms with E-state index in [9.17, 15) is 9.59 Å². The van der Waals surface area contributed by atoms with Crippen LogP contribution in [-0.2, 0) is 11.2 Å². The second-order valence-corrected chi connectivity index (χ2v) is 11.3. The molecule has 2 aliphatic heterocycles. The maximum absolute atomic E-state index is 16.2. The first-order chi connectivity index (χ1) is 21.5. The Hall–Kier alpha value is -5.15. The van der Waals surface area contributed by atoms with Crippen molar-refractivity contribution in [3.8, 4) is 17.2 Å². The molecule has 9 heteroatoms. The molecule has 2 aromatic heterocycles. The molecule has 1 N–H and O–H groups in total. The largest absolute Gasteiger partial charge is 0.451 e. The molecule has 8 rings (SSSR count). The summed E-state index contributed by atoms with van der Waals surface area (Å²) in [5.74, 6) is -0.202. The van der Waals surface area contributed by atoms with Crippen LogP contribution >= 0.6 is 0 Å². The van der Waals surface area contributed by atoms with Gasteiger partial charge in [0.15, 0.2) is 17.3 Å². The molecule has 220 valence electrons. The zero-order valence-corrected chi connectivity index (χ0v) is 24.1. The number of likely N-dealkylation sites (N-methyl/N-ethyl adjacent to an activating group) is 1.